The fourth-order valence-corrected chi connectivity index (χ4v) is 1.51. The van der Waals surface area contributed by atoms with Gasteiger partial charge in [0.25, 0.3) is 0 Å². The largest absolute Gasteiger partial charge is 0.102 e. The lowest BCUT2D eigenvalue weighted by molar-refractivity contribution is 1.00. The molecule has 1 aromatic rings. The number of hydrogen-bond acceptors (Lipinski definition) is 0. The Labute approximate surface area is 81.3 Å². The molecule has 0 bridgehead atoms. The molecule has 69 valence electrons. The SMILES string of the molecule is [CH2]C(C=C)c1cc(C)ccc1CC. The molecule has 1 radical (unpaired) electrons. The van der Waals surface area contributed by atoms with Gasteiger partial charge in [-0.2, -0.15) is 0 Å². The van der Waals surface area contributed by atoms with Crippen molar-refractivity contribution in [1.82, 2.24) is 0 Å². The summed E-state index contributed by atoms with van der Waals surface area (Å²) in [7, 11) is 0. The van der Waals surface area contributed by atoms with Gasteiger partial charge in [0.05, 0.1) is 0 Å². The van der Waals surface area contributed by atoms with Crippen molar-refractivity contribution in [3.8, 4) is 0 Å². The molecule has 0 heteroatoms. The summed E-state index contributed by atoms with van der Waals surface area (Å²) in [5, 5.41) is 0. The van der Waals surface area contributed by atoms with E-state index in [1.165, 1.54) is 16.7 Å². The van der Waals surface area contributed by atoms with Gasteiger partial charge in [-0.3, -0.25) is 0 Å². The molecule has 0 heterocycles. The van der Waals surface area contributed by atoms with Crippen LogP contribution in [0.25, 0.3) is 0 Å². The zero-order chi connectivity index (χ0) is 9.84. The van der Waals surface area contributed by atoms with Crippen LogP contribution in [0.1, 0.15) is 29.5 Å². The number of aryl methyl sites for hydroxylation is 2. The van der Waals surface area contributed by atoms with E-state index in [9.17, 15) is 0 Å². The molecule has 1 aromatic carbocycles. The Hall–Kier alpha value is -1.04. The van der Waals surface area contributed by atoms with Crippen molar-refractivity contribution < 1.29 is 0 Å². The highest BCUT2D eigenvalue weighted by molar-refractivity contribution is 5.36. The smallest absolute Gasteiger partial charge is 0.00184 e. The van der Waals surface area contributed by atoms with E-state index in [1.807, 2.05) is 6.08 Å². The molecule has 0 fully saturated rings. The van der Waals surface area contributed by atoms with Crippen LogP contribution in [-0.4, -0.2) is 0 Å². The fraction of sp³-hybridized carbons (Fsp3) is 0.308. The first-order chi connectivity index (χ1) is 6.19. The van der Waals surface area contributed by atoms with E-state index in [4.69, 9.17) is 0 Å². The number of benzene rings is 1. The first-order valence-electron chi connectivity index (χ1n) is 4.74. The van der Waals surface area contributed by atoms with Gasteiger partial charge >= 0.3 is 0 Å². The number of allylic oxidation sites excluding steroid dienone is 1. The highest BCUT2D eigenvalue weighted by Gasteiger charge is 2.05. The normalized spacial score (nSPS) is 12.5. The second kappa shape index (κ2) is 4.27. The Morgan fingerprint density at radius 3 is 2.69 bits per heavy atom. The second-order valence-corrected chi connectivity index (χ2v) is 3.40. The van der Waals surface area contributed by atoms with Crippen LogP contribution >= 0.6 is 0 Å². The summed E-state index contributed by atoms with van der Waals surface area (Å²) in [6, 6.07) is 6.54. The molecule has 0 amide bonds. The Balaban J connectivity index is 3.14. The highest BCUT2D eigenvalue weighted by atomic mass is 14.1. The summed E-state index contributed by atoms with van der Waals surface area (Å²) in [4.78, 5) is 0. The average molecular weight is 173 g/mol. The lowest BCUT2D eigenvalue weighted by Crippen LogP contribution is -1.96. The van der Waals surface area contributed by atoms with Crippen LogP contribution in [0, 0.1) is 13.8 Å². The van der Waals surface area contributed by atoms with Gasteiger partial charge in [-0.1, -0.05) is 36.8 Å². The van der Waals surface area contributed by atoms with E-state index < -0.39 is 0 Å². The molecule has 0 nitrogen and oxygen atoms in total. The van der Waals surface area contributed by atoms with E-state index >= 15 is 0 Å². The molecule has 0 aliphatic heterocycles. The third kappa shape index (κ3) is 2.21. The average Bonchev–Trinajstić information content (AvgIpc) is 2.16. The molecule has 0 aliphatic rings. The lowest BCUT2D eigenvalue weighted by atomic mass is 9.93. The Kier molecular flexibility index (Phi) is 3.30. The van der Waals surface area contributed by atoms with E-state index in [1.54, 1.807) is 0 Å². The van der Waals surface area contributed by atoms with Gasteiger partial charge in [0.15, 0.2) is 0 Å². The molecule has 1 rings (SSSR count). The van der Waals surface area contributed by atoms with Gasteiger partial charge in [-0.05, 0) is 31.4 Å². The minimum Gasteiger partial charge on any atom is -0.102 e. The summed E-state index contributed by atoms with van der Waals surface area (Å²) in [5.74, 6) is 0.217. The second-order valence-electron chi connectivity index (χ2n) is 3.40. The summed E-state index contributed by atoms with van der Waals surface area (Å²) < 4.78 is 0. The molecular weight excluding hydrogens is 156 g/mol. The number of rotatable bonds is 3. The van der Waals surface area contributed by atoms with Gasteiger partial charge in [-0.25, -0.2) is 0 Å². The zero-order valence-corrected chi connectivity index (χ0v) is 8.51. The maximum Gasteiger partial charge on any atom is 0.00184 e. The molecule has 0 spiro atoms. The van der Waals surface area contributed by atoms with Crippen molar-refractivity contribution in [3.05, 3.63) is 54.5 Å². The molecular formula is C13H17. The van der Waals surface area contributed by atoms with E-state index in [2.05, 4.69) is 45.5 Å². The van der Waals surface area contributed by atoms with Crippen molar-refractivity contribution in [1.29, 1.82) is 0 Å². The van der Waals surface area contributed by atoms with Gasteiger partial charge in [0.1, 0.15) is 0 Å². The van der Waals surface area contributed by atoms with E-state index in [0.717, 1.165) is 6.42 Å². The standard InChI is InChI=1S/C13H17/c1-5-11(4)13-9-10(3)7-8-12(13)6-2/h5,7-9,11H,1,4,6H2,2-3H3. The molecule has 13 heavy (non-hydrogen) atoms. The lowest BCUT2D eigenvalue weighted by Gasteiger charge is -2.12. The zero-order valence-electron chi connectivity index (χ0n) is 8.51. The summed E-state index contributed by atoms with van der Waals surface area (Å²) in [6.45, 7) is 12.1. The molecule has 1 unspecified atom stereocenters. The maximum atomic E-state index is 4.06. The van der Waals surface area contributed by atoms with Crippen LogP contribution in [0.3, 0.4) is 0 Å². The fourth-order valence-electron chi connectivity index (χ4n) is 1.51. The molecule has 0 saturated carbocycles. The van der Waals surface area contributed by atoms with Crippen LogP contribution in [0.2, 0.25) is 0 Å². The molecule has 0 N–H and O–H groups in total. The third-order valence-electron chi connectivity index (χ3n) is 2.37. The summed E-state index contributed by atoms with van der Waals surface area (Å²) in [6.07, 6.45) is 2.96. The van der Waals surface area contributed by atoms with Crippen molar-refractivity contribution in [2.75, 3.05) is 0 Å². The molecule has 0 aromatic heterocycles. The molecule has 0 saturated heterocycles. The van der Waals surface area contributed by atoms with Crippen LogP contribution in [0.15, 0.2) is 30.9 Å². The third-order valence-corrected chi connectivity index (χ3v) is 2.37. The summed E-state index contributed by atoms with van der Waals surface area (Å²) in [5.41, 5.74) is 3.99. The Morgan fingerprint density at radius 1 is 1.46 bits per heavy atom. The first kappa shape index (κ1) is 10.0. The van der Waals surface area contributed by atoms with Gasteiger partial charge in [-0.15, -0.1) is 6.58 Å². The minimum absolute atomic E-state index is 0.217. The first-order valence-corrected chi connectivity index (χ1v) is 4.74. The predicted molar refractivity (Wildman–Crippen MR) is 58.9 cm³/mol. The van der Waals surface area contributed by atoms with Crippen LogP contribution < -0.4 is 0 Å². The Morgan fingerprint density at radius 2 is 2.15 bits per heavy atom. The van der Waals surface area contributed by atoms with Gasteiger partial charge in [0.2, 0.25) is 0 Å². The topological polar surface area (TPSA) is 0 Å². The Bertz CT molecular complexity index is 297. The van der Waals surface area contributed by atoms with Crippen molar-refractivity contribution in [2.24, 2.45) is 0 Å². The maximum absolute atomic E-state index is 4.06. The predicted octanol–water partition coefficient (Wildman–Crippen LogP) is 3.66. The minimum atomic E-state index is 0.217. The monoisotopic (exact) mass is 173 g/mol. The van der Waals surface area contributed by atoms with E-state index in [0.29, 0.717) is 0 Å². The van der Waals surface area contributed by atoms with Crippen LogP contribution in [-0.2, 0) is 6.42 Å². The van der Waals surface area contributed by atoms with Gasteiger partial charge in [0, 0.05) is 5.92 Å². The highest BCUT2D eigenvalue weighted by Crippen LogP contribution is 2.22. The molecule has 1 atom stereocenters. The van der Waals surface area contributed by atoms with Crippen molar-refractivity contribution in [2.45, 2.75) is 26.2 Å². The van der Waals surface area contributed by atoms with Crippen molar-refractivity contribution in [3.63, 3.8) is 0 Å². The number of hydrogen-bond donors (Lipinski definition) is 0. The van der Waals surface area contributed by atoms with E-state index in [-0.39, 0.29) is 5.92 Å². The van der Waals surface area contributed by atoms with Crippen LogP contribution in [0.4, 0.5) is 0 Å². The quantitative estimate of drug-likeness (QED) is 0.612. The van der Waals surface area contributed by atoms with Gasteiger partial charge < -0.3 is 0 Å². The van der Waals surface area contributed by atoms with Crippen LogP contribution in [0.5, 0.6) is 0 Å². The summed E-state index contributed by atoms with van der Waals surface area (Å²) >= 11 is 0. The molecule has 0 aliphatic carbocycles. The van der Waals surface area contributed by atoms with Crippen molar-refractivity contribution >= 4 is 0 Å².